The van der Waals surface area contributed by atoms with Gasteiger partial charge in [0.25, 0.3) is 0 Å². The fraction of sp³-hybridized carbons (Fsp3) is 0.435. The van der Waals surface area contributed by atoms with Crippen molar-refractivity contribution in [3.63, 3.8) is 0 Å². The van der Waals surface area contributed by atoms with E-state index in [0.29, 0.717) is 30.3 Å². The molecule has 0 radical (unpaired) electrons. The van der Waals surface area contributed by atoms with Gasteiger partial charge < -0.3 is 10.6 Å². The Kier molecular flexibility index (Phi) is 6.16. The van der Waals surface area contributed by atoms with Crippen molar-refractivity contribution in [2.24, 2.45) is 5.73 Å². The molecule has 2 aromatic rings. The molecule has 0 unspecified atom stereocenters. The van der Waals surface area contributed by atoms with Crippen LogP contribution in [0, 0.1) is 12.7 Å². The van der Waals surface area contributed by atoms with Crippen LogP contribution in [-0.4, -0.2) is 45.7 Å². The fourth-order valence-electron chi connectivity index (χ4n) is 4.36. The summed E-state index contributed by atoms with van der Waals surface area (Å²) < 4.78 is 13.6. The van der Waals surface area contributed by atoms with Crippen LogP contribution in [-0.2, 0) is 27.3 Å². The molecule has 1 atom stereocenters. The molecule has 0 bridgehead atoms. The van der Waals surface area contributed by atoms with Crippen molar-refractivity contribution in [3.8, 4) is 0 Å². The van der Waals surface area contributed by atoms with Crippen LogP contribution in [0.25, 0.3) is 0 Å². The third kappa shape index (κ3) is 4.61. The summed E-state index contributed by atoms with van der Waals surface area (Å²) in [4.78, 5) is 48.9. The summed E-state index contributed by atoms with van der Waals surface area (Å²) in [6.07, 6.45) is 1.99. The molecule has 1 aromatic carbocycles. The second-order valence-electron chi connectivity index (χ2n) is 8.40. The normalized spacial score (nSPS) is 18.1. The zero-order chi connectivity index (χ0) is 22.8. The smallest absolute Gasteiger partial charge is 0.233 e. The Balaban J connectivity index is 1.56. The van der Waals surface area contributed by atoms with Crippen molar-refractivity contribution in [1.29, 1.82) is 0 Å². The number of aryl methyl sites for hydroxylation is 1. The van der Waals surface area contributed by atoms with E-state index < -0.39 is 5.91 Å². The van der Waals surface area contributed by atoms with E-state index in [1.54, 1.807) is 21.9 Å². The van der Waals surface area contributed by atoms with E-state index in [9.17, 15) is 18.8 Å². The lowest BCUT2D eigenvalue weighted by Gasteiger charge is -2.32. The van der Waals surface area contributed by atoms with Gasteiger partial charge in [-0.25, -0.2) is 14.4 Å². The predicted molar refractivity (Wildman–Crippen MR) is 115 cm³/mol. The second kappa shape index (κ2) is 9.02. The van der Waals surface area contributed by atoms with Crippen LogP contribution in [0.4, 0.5) is 10.2 Å². The van der Waals surface area contributed by atoms with Gasteiger partial charge in [0, 0.05) is 43.1 Å². The topological polar surface area (TPSA) is 109 Å². The number of piperidine rings is 1. The van der Waals surface area contributed by atoms with Gasteiger partial charge in [0.05, 0.1) is 13.0 Å². The summed E-state index contributed by atoms with van der Waals surface area (Å²) in [6, 6.07) is 6.18. The van der Waals surface area contributed by atoms with Gasteiger partial charge in [-0.1, -0.05) is 12.1 Å². The first kappa shape index (κ1) is 21.9. The van der Waals surface area contributed by atoms with Gasteiger partial charge >= 0.3 is 0 Å². The molecule has 2 aliphatic rings. The number of likely N-dealkylation sites (tertiary alicyclic amines) is 1. The molecule has 0 aliphatic carbocycles. The zero-order valence-corrected chi connectivity index (χ0v) is 18.0. The molecule has 8 nitrogen and oxygen atoms in total. The molecule has 0 spiro atoms. The summed E-state index contributed by atoms with van der Waals surface area (Å²) in [7, 11) is 0. The summed E-state index contributed by atoms with van der Waals surface area (Å²) in [5.74, 6) is 0.0771. The number of benzene rings is 1. The van der Waals surface area contributed by atoms with Crippen LogP contribution in [0.5, 0.6) is 0 Å². The molecule has 9 heteroatoms. The molecule has 1 saturated heterocycles. The van der Waals surface area contributed by atoms with Crippen molar-refractivity contribution in [1.82, 2.24) is 14.9 Å². The number of primary amides is 1. The third-order valence-electron chi connectivity index (χ3n) is 6.05. The monoisotopic (exact) mass is 439 g/mol. The van der Waals surface area contributed by atoms with E-state index in [0.717, 1.165) is 24.1 Å². The Morgan fingerprint density at radius 3 is 2.81 bits per heavy atom. The molecule has 2 aliphatic heterocycles. The van der Waals surface area contributed by atoms with Crippen molar-refractivity contribution < 1.29 is 18.8 Å². The third-order valence-corrected chi connectivity index (χ3v) is 6.05. The largest absolute Gasteiger partial charge is 0.370 e. The van der Waals surface area contributed by atoms with E-state index in [4.69, 9.17) is 10.7 Å². The highest BCUT2D eigenvalue weighted by Crippen LogP contribution is 2.33. The number of nitrogens with zero attached hydrogens (tertiary/aromatic N) is 4. The lowest BCUT2D eigenvalue weighted by Crippen LogP contribution is -2.40. The molecule has 4 rings (SSSR count). The van der Waals surface area contributed by atoms with E-state index in [-0.39, 0.29) is 49.4 Å². The minimum absolute atomic E-state index is 0.0333. The lowest BCUT2D eigenvalue weighted by atomic mass is 9.96. The van der Waals surface area contributed by atoms with Crippen molar-refractivity contribution in [3.05, 3.63) is 52.7 Å². The molecule has 32 heavy (non-hydrogen) atoms. The molecule has 1 fully saturated rings. The van der Waals surface area contributed by atoms with Crippen molar-refractivity contribution in [2.45, 2.75) is 51.5 Å². The Morgan fingerprint density at radius 1 is 1.25 bits per heavy atom. The SMILES string of the molecule is Cc1nc([C@@H]2CCCN(C(=O)CCC(N)=O)C2)nc2c1CC(=O)N2Cc1cccc(F)c1. The number of hydrogen-bond donors (Lipinski definition) is 1. The van der Waals surface area contributed by atoms with Gasteiger partial charge in [0.1, 0.15) is 17.5 Å². The number of halogens is 1. The first-order valence-electron chi connectivity index (χ1n) is 10.8. The molecule has 3 heterocycles. The first-order chi connectivity index (χ1) is 15.3. The molecular formula is C23H26FN5O3. The van der Waals surface area contributed by atoms with Crippen molar-refractivity contribution in [2.75, 3.05) is 18.0 Å². The van der Waals surface area contributed by atoms with Crippen molar-refractivity contribution >= 4 is 23.5 Å². The number of fused-ring (bicyclic) bond motifs is 1. The molecule has 168 valence electrons. The lowest BCUT2D eigenvalue weighted by molar-refractivity contribution is -0.134. The van der Waals surface area contributed by atoms with Crippen LogP contribution < -0.4 is 10.6 Å². The van der Waals surface area contributed by atoms with Crippen LogP contribution in [0.2, 0.25) is 0 Å². The van der Waals surface area contributed by atoms with E-state index in [2.05, 4.69) is 4.98 Å². The highest BCUT2D eigenvalue weighted by molar-refractivity contribution is 6.00. The Hall–Kier alpha value is -3.36. The van der Waals surface area contributed by atoms with E-state index in [1.807, 2.05) is 6.92 Å². The van der Waals surface area contributed by atoms with Crippen LogP contribution >= 0.6 is 0 Å². The van der Waals surface area contributed by atoms with Gasteiger partial charge in [-0.05, 0) is 37.5 Å². The minimum atomic E-state index is -0.493. The fourth-order valence-corrected chi connectivity index (χ4v) is 4.36. The van der Waals surface area contributed by atoms with E-state index in [1.165, 1.54) is 12.1 Å². The summed E-state index contributed by atoms with van der Waals surface area (Å²) in [5.41, 5.74) is 7.39. The van der Waals surface area contributed by atoms with E-state index >= 15 is 0 Å². The predicted octanol–water partition coefficient (Wildman–Crippen LogP) is 1.98. The number of carbonyl (C=O) groups excluding carboxylic acids is 3. The Labute approximate surface area is 185 Å². The zero-order valence-electron chi connectivity index (χ0n) is 18.0. The second-order valence-corrected chi connectivity index (χ2v) is 8.40. The molecule has 1 aromatic heterocycles. The highest BCUT2D eigenvalue weighted by atomic mass is 19.1. The summed E-state index contributed by atoms with van der Waals surface area (Å²) in [6.45, 7) is 3.19. The average molecular weight is 439 g/mol. The maximum Gasteiger partial charge on any atom is 0.233 e. The first-order valence-corrected chi connectivity index (χ1v) is 10.8. The van der Waals surface area contributed by atoms with Crippen LogP contribution in [0.3, 0.4) is 0 Å². The van der Waals surface area contributed by atoms with Gasteiger partial charge in [-0.15, -0.1) is 0 Å². The van der Waals surface area contributed by atoms with Crippen LogP contribution in [0.1, 0.15) is 54.2 Å². The standard InChI is InChI=1S/C23H26FN5O3/c1-14-18-11-21(32)29(12-15-4-2-6-17(24)10-15)23(18)27-22(26-14)16-5-3-9-28(13-16)20(31)8-7-19(25)30/h2,4,6,10,16H,3,5,7-9,11-13H2,1H3,(H2,25,30)/t16-/m1/s1. The molecular weight excluding hydrogens is 413 g/mol. The quantitative estimate of drug-likeness (QED) is 0.740. The van der Waals surface area contributed by atoms with Gasteiger partial charge in [-0.2, -0.15) is 0 Å². The van der Waals surface area contributed by atoms with Gasteiger partial charge in [0.2, 0.25) is 17.7 Å². The molecule has 0 saturated carbocycles. The van der Waals surface area contributed by atoms with Gasteiger partial charge in [0.15, 0.2) is 0 Å². The van der Waals surface area contributed by atoms with Crippen LogP contribution in [0.15, 0.2) is 24.3 Å². The number of hydrogen-bond acceptors (Lipinski definition) is 5. The minimum Gasteiger partial charge on any atom is -0.370 e. The number of nitrogens with two attached hydrogens (primary N) is 1. The molecule has 3 amide bonds. The maximum absolute atomic E-state index is 13.6. The maximum atomic E-state index is 13.6. The number of amides is 3. The van der Waals surface area contributed by atoms with Gasteiger partial charge in [-0.3, -0.25) is 19.3 Å². The Morgan fingerprint density at radius 2 is 2.06 bits per heavy atom. The average Bonchev–Trinajstić information content (AvgIpc) is 3.08. The number of rotatable bonds is 6. The summed E-state index contributed by atoms with van der Waals surface area (Å²) >= 11 is 0. The number of anilines is 1. The number of carbonyl (C=O) groups is 3. The summed E-state index contributed by atoms with van der Waals surface area (Å²) in [5, 5.41) is 0. The Bertz CT molecular complexity index is 1070. The number of aromatic nitrogens is 2. The highest BCUT2D eigenvalue weighted by Gasteiger charge is 2.34. The molecule has 2 N–H and O–H groups in total.